The smallest absolute Gasteiger partial charge is 0.305 e. The second-order valence-corrected chi connectivity index (χ2v) is 4.37. The number of thioether (sulfide) groups is 1. The monoisotopic (exact) mass is 239 g/mol. The molecule has 4 heteroatoms. The number of rotatable bonds is 5. The first-order valence-electron chi connectivity index (χ1n) is 5.13. The molecule has 0 fully saturated rings. The number of esters is 1. The lowest BCUT2D eigenvalue weighted by Gasteiger charge is -2.11. The Bertz CT molecular complexity index is 337. The Hall–Kier alpha value is -1.00. The number of hydrogen-bond acceptors (Lipinski definition) is 4. The van der Waals surface area contributed by atoms with E-state index < -0.39 is 0 Å². The Labute approximate surface area is 100 Å². The molecule has 88 valence electrons. The fourth-order valence-electron chi connectivity index (χ4n) is 1.39. The van der Waals surface area contributed by atoms with Crippen LogP contribution in [-0.4, -0.2) is 19.3 Å². The van der Waals surface area contributed by atoms with E-state index in [1.54, 1.807) is 11.8 Å². The summed E-state index contributed by atoms with van der Waals surface area (Å²) in [7, 11) is 1.39. The molecule has 1 unspecified atom stereocenters. The highest BCUT2D eigenvalue weighted by atomic mass is 32.2. The van der Waals surface area contributed by atoms with Crippen LogP contribution in [0.2, 0.25) is 0 Å². The Kier molecular flexibility index (Phi) is 5.35. The topological polar surface area (TPSA) is 52.3 Å². The molecule has 1 rings (SSSR count). The maximum atomic E-state index is 11.0. The SMILES string of the molecule is COC(=O)CCC(N)c1ccc(SC)cc1. The maximum Gasteiger partial charge on any atom is 0.305 e. The molecule has 0 aromatic heterocycles. The minimum Gasteiger partial charge on any atom is -0.469 e. The van der Waals surface area contributed by atoms with Crippen LogP contribution in [0.3, 0.4) is 0 Å². The van der Waals surface area contributed by atoms with E-state index in [0.29, 0.717) is 12.8 Å². The van der Waals surface area contributed by atoms with Gasteiger partial charge in [0.05, 0.1) is 7.11 Å². The molecular formula is C12H17NO2S. The van der Waals surface area contributed by atoms with E-state index in [9.17, 15) is 4.79 Å². The van der Waals surface area contributed by atoms with E-state index in [-0.39, 0.29) is 12.0 Å². The van der Waals surface area contributed by atoms with Gasteiger partial charge >= 0.3 is 5.97 Å². The third kappa shape index (κ3) is 3.87. The zero-order valence-electron chi connectivity index (χ0n) is 9.60. The molecule has 16 heavy (non-hydrogen) atoms. The van der Waals surface area contributed by atoms with Gasteiger partial charge in [0.25, 0.3) is 0 Å². The van der Waals surface area contributed by atoms with Crippen molar-refractivity contribution in [2.45, 2.75) is 23.8 Å². The normalized spacial score (nSPS) is 12.2. The molecule has 0 aliphatic heterocycles. The predicted molar refractivity (Wildman–Crippen MR) is 66.4 cm³/mol. The van der Waals surface area contributed by atoms with Gasteiger partial charge in [-0.3, -0.25) is 4.79 Å². The molecule has 0 radical (unpaired) electrons. The molecule has 3 nitrogen and oxygen atoms in total. The third-order valence-electron chi connectivity index (χ3n) is 2.43. The summed E-state index contributed by atoms with van der Waals surface area (Å²) in [6, 6.07) is 7.99. The van der Waals surface area contributed by atoms with Crippen molar-refractivity contribution < 1.29 is 9.53 Å². The van der Waals surface area contributed by atoms with Gasteiger partial charge in [-0.25, -0.2) is 0 Å². The number of benzene rings is 1. The molecule has 0 aliphatic carbocycles. The summed E-state index contributed by atoms with van der Waals surface area (Å²) < 4.78 is 4.58. The molecule has 0 saturated heterocycles. The summed E-state index contributed by atoms with van der Waals surface area (Å²) in [6.45, 7) is 0. The summed E-state index contributed by atoms with van der Waals surface area (Å²) in [5, 5.41) is 0. The number of carbonyl (C=O) groups is 1. The first-order chi connectivity index (χ1) is 7.67. The first-order valence-corrected chi connectivity index (χ1v) is 6.36. The summed E-state index contributed by atoms with van der Waals surface area (Å²) in [6.07, 6.45) is 3.01. The van der Waals surface area contributed by atoms with Crippen molar-refractivity contribution in [3.8, 4) is 0 Å². The van der Waals surface area contributed by atoms with Crippen LogP contribution < -0.4 is 5.73 Å². The number of nitrogens with two attached hydrogens (primary N) is 1. The van der Waals surface area contributed by atoms with Crippen LogP contribution >= 0.6 is 11.8 Å². The second-order valence-electron chi connectivity index (χ2n) is 3.49. The Morgan fingerprint density at radius 3 is 2.56 bits per heavy atom. The van der Waals surface area contributed by atoms with Gasteiger partial charge in [0, 0.05) is 17.4 Å². The third-order valence-corrected chi connectivity index (χ3v) is 3.17. The number of hydrogen-bond donors (Lipinski definition) is 1. The molecule has 0 heterocycles. The van der Waals surface area contributed by atoms with E-state index in [2.05, 4.69) is 4.74 Å². The van der Waals surface area contributed by atoms with Gasteiger partial charge in [-0.15, -0.1) is 11.8 Å². The first kappa shape index (κ1) is 13.1. The number of carbonyl (C=O) groups excluding carboxylic acids is 1. The van der Waals surface area contributed by atoms with Crippen molar-refractivity contribution in [1.82, 2.24) is 0 Å². The largest absolute Gasteiger partial charge is 0.469 e. The lowest BCUT2D eigenvalue weighted by molar-refractivity contribution is -0.140. The molecule has 0 aliphatic rings. The summed E-state index contributed by atoms with van der Waals surface area (Å²) in [4.78, 5) is 12.2. The van der Waals surface area contributed by atoms with Crippen LogP contribution in [0.1, 0.15) is 24.4 Å². The molecule has 1 aromatic carbocycles. The minimum absolute atomic E-state index is 0.102. The van der Waals surface area contributed by atoms with Crippen LogP contribution in [0.5, 0.6) is 0 Å². The summed E-state index contributed by atoms with van der Waals surface area (Å²) in [5.41, 5.74) is 7.03. The quantitative estimate of drug-likeness (QED) is 0.633. The van der Waals surface area contributed by atoms with E-state index >= 15 is 0 Å². The molecule has 1 aromatic rings. The van der Waals surface area contributed by atoms with Crippen LogP contribution in [0, 0.1) is 0 Å². The molecule has 0 spiro atoms. The van der Waals surface area contributed by atoms with E-state index in [1.165, 1.54) is 12.0 Å². The van der Waals surface area contributed by atoms with Gasteiger partial charge in [-0.05, 0) is 30.4 Å². The predicted octanol–water partition coefficient (Wildman–Crippen LogP) is 2.36. The molecule has 1 atom stereocenters. The standard InChI is InChI=1S/C12H17NO2S/c1-15-12(14)8-7-11(13)9-3-5-10(16-2)6-4-9/h3-6,11H,7-8,13H2,1-2H3. The lowest BCUT2D eigenvalue weighted by atomic mass is 10.0. The zero-order chi connectivity index (χ0) is 12.0. The maximum absolute atomic E-state index is 11.0. The fraction of sp³-hybridized carbons (Fsp3) is 0.417. The average molecular weight is 239 g/mol. The van der Waals surface area contributed by atoms with Crippen molar-refractivity contribution in [1.29, 1.82) is 0 Å². The fourth-order valence-corrected chi connectivity index (χ4v) is 1.80. The Morgan fingerprint density at radius 2 is 2.06 bits per heavy atom. The molecule has 0 amide bonds. The van der Waals surface area contributed by atoms with Crippen molar-refractivity contribution in [2.24, 2.45) is 5.73 Å². The van der Waals surface area contributed by atoms with Crippen LogP contribution in [0.25, 0.3) is 0 Å². The summed E-state index contributed by atoms with van der Waals surface area (Å²) in [5.74, 6) is -0.212. The highest BCUT2D eigenvalue weighted by Crippen LogP contribution is 2.20. The van der Waals surface area contributed by atoms with Crippen LogP contribution in [0.4, 0.5) is 0 Å². The molecular weight excluding hydrogens is 222 g/mol. The summed E-state index contributed by atoms with van der Waals surface area (Å²) >= 11 is 1.70. The minimum atomic E-state index is -0.212. The van der Waals surface area contributed by atoms with Gasteiger partial charge in [0.2, 0.25) is 0 Å². The number of methoxy groups -OCH3 is 1. The lowest BCUT2D eigenvalue weighted by Crippen LogP contribution is -2.12. The second kappa shape index (κ2) is 6.55. The van der Waals surface area contributed by atoms with Gasteiger partial charge in [-0.2, -0.15) is 0 Å². The van der Waals surface area contributed by atoms with Crippen molar-refractivity contribution in [3.05, 3.63) is 29.8 Å². The molecule has 0 saturated carbocycles. The van der Waals surface area contributed by atoms with Gasteiger partial charge in [0.1, 0.15) is 0 Å². The van der Waals surface area contributed by atoms with E-state index in [1.807, 2.05) is 30.5 Å². The van der Waals surface area contributed by atoms with Gasteiger partial charge < -0.3 is 10.5 Å². The van der Waals surface area contributed by atoms with E-state index in [4.69, 9.17) is 5.73 Å². The molecule has 0 bridgehead atoms. The van der Waals surface area contributed by atoms with Crippen molar-refractivity contribution >= 4 is 17.7 Å². The van der Waals surface area contributed by atoms with Crippen molar-refractivity contribution in [3.63, 3.8) is 0 Å². The van der Waals surface area contributed by atoms with Gasteiger partial charge in [0.15, 0.2) is 0 Å². The van der Waals surface area contributed by atoms with Crippen LogP contribution in [-0.2, 0) is 9.53 Å². The van der Waals surface area contributed by atoms with Crippen LogP contribution in [0.15, 0.2) is 29.2 Å². The Balaban J connectivity index is 2.52. The van der Waals surface area contributed by atoms with E-state index in [0.717, 1.165) is 5.56 Å². The van der Waals surface area contributed by atoms with Gasteiger partial charge in [-0.1, -0.05) is 12.1 Å². The van der Waals surface area contributed by atoms with Crippen molar-refractivity contribution in [2.75, 3.05) is 13.4 Å². The number of ether oxygens (including phenoxy) is 1. The highest BCUT2D eigenvalue weighted by molar-refractivity contribution is 7.98. The highest BCUT2D eigenvalue weighted by Gasteiger charge is 2.09. The Morgan fingerprint density at radius 1 is 1.44 bits per heavy atom. The molecule has 2 N–H and O–H groups in total. The zero-order valence-corrected chi connectivity index (χ0v) is 10.4. The average Bonchev–Trinajstić information content (AvgIpc) is 2.35.